The van der Waals surface area contributed by atoms with Crippen LogP contribution in [0.4, 0.5) is 4.39 Å². The van der Waals surface area contributed by atoms with Gasteiger partial charge in [0, 0.05) is 16.4 Å². The Morgan fingerprint density at radius 2 is 1.92 bits per heavy atom. The van der Waals surface area contributed by atoms with Crippen molar-refractivity contribution >= 4 is 5.91 Å². The Hall–Kier alpha value is -2.23. The van der Waals surface area contributed by atoms with E-state index in [0.29, 0.717) is 11.0 Å². The first kappa shape index (κ1) is 13.1. The van der Waals surface area contributed by atoms with Crippen LogP contribution in [-0.4, -0.2) is 10.9 Å². The molecule has 4 aliphatic rings. The van der Waals surface area contributed by atoms with Crippen molar-refractivity contribution in [2.24, 2.45) is 11.1 Å². The summed E-state index contributed by atoms with van der Waals surface area (Å²) in [5.74, 6) is -0.773. The fourth-order valence-corrected chi connectivity index (χ4v) is 6.32. The van der Waals surface area contributed by atoms with Crippen molar-refractivity contribution in [3.8, 4) is 11.1 Å². The maximum Gasteiger partial charge on any atom is 0.267 e. The molecule has 3 nitrogen and oxygen atoms in total. The highest BCUT2D eigenvalue weighted by molar-refractivity contribution is 5.94. The molecule has 1 aromatic carbocycles. The van der Waals surface area contributed by atoms with Gasteiger partial charge in [0.25, 0.3) is 5.91 Å². The van der Waals surface area contributed by atoms with Crippen LogP contribution >= 0.6 is 0 Å². The fraction of sp³-hybridized carbons (Fsp3) is 0.400. The Kier molecular flexibility index (Phi) is 1.86. The van der Waals surface area contributed by atoms with E-state index in [4.69, 9.17) is 5.73 Å². The average Bonchev–Trinajstić information content (AvgIpc) is 3.37. The predicted molar refractivity (Wildman–Crippen MR) is 87.1 cm³/mol. The molecule has 0 saturated heterocycles. The maximum atomic E-state index is 14.7. The number of nitrogens with zero attached hydrogens (tertiary/aromatic N) is 1. The fourth-order valence-electron chi connectivity index (χ4n) is 6.32. The summed E-state index contributed by atoms with van der Waals surface area (Å²) in [5, 5.41) is 0. The first-order valence-electron chi connectivity index (χ1n) is 8.57. The van der Waals surface area contributed by atoms with Gasteiger partial charge in [-0.2, -0.15) is 0 Å². The van der Waals surface area contributed by atoms with Crippen LogP contribution in [0.3, 0.4) is 0 Å². The number of benzene rings is 1. The molecule has 3 fully saturated rings. The minimum Gasteiger partial charge on any atom is -0.364 e. The van der Waals surface area contributed by atoms with Crippen LogP contribution in [0, 0.1) is 18.2 Å². The Balaban J connectivity index is 1.69. The molecule has 0 aliphatic heterocycles. The van der Waals surface area contributed by atoms with Crippen molar-refractivity contribution in [1.82, 2.24) is 4.98 Å². The van der Waals surface area contributed by atoms with Crippen molar-refractivity contribution in [3.05, 3.63) is 52.6 Å². The average molecular weight is 320 g/mol. The number of carbonyl (C=O) groups is 1. The Labute approximate surface area is 139 Å². The zero-order chi connectivity index (χ0) is 16.5. The lowest BCUT2D eigenvalue weighted by Crippen LogP contribution is -2.24. The lowest BCUT2D eigenvalue weighted by atomic mass is 9.77. The quantitative estimate of drug-likeness (QED) is 0.922. The van der Waals surface area contributed by atoms with E-state index in [9.17, 15) is 9.18 Å². The van der Waals surface area contributed by atoms with Gasteiger partial charge in [-0.15, -0.1) is 0 Å². The number of nitrogens with two attached hydrogens (primary N) is 1. The summed E-state index contributed by atoms with van der Waals surface area (Å²) in [5.41, 5.74) is 11.1. The van der Waals surface area contributed by atoms with Gasteiger partial charge in [-0.25, -0.2) is 9.37 Å². The molecule has 4 heteroatoms. The molecule has 1 amide bonds. The highest BCUT2D eigenvalue weighted by atomic mass is 19.1. The lowest BCUT2D eigenvalue weighted by Gasteiger charge is -2.28. The summed E-state index contributed by atoms with van der Waals surface area (Å²) in [6.07, 6.45) is 4.74. The van der Waals surface area contributed by atoms with Crippen molar-refractivity contribution in [3.63, 3.8) is 0 Å². The molecule has 1 aromatic heterocycles. The van der Waals surface area contributed by atoms with Crippen LogP contribution < -0.4 is 5.73 Å². The van der Waals surface area contributed by atoms with E-state index in [-0.39, 0.29) is 22.3 Å². The molecule has 120 valence electrons. The third-order valence-corrected chi connectivity index (χ3v) is 7.39. The van der Waals surface area contributed by atoms with Gasteiger partial charge < -0.3 is 5.73 Å². The Morgan fingerprint density at radius 3 is 2.58 bits per heavy atom. The van der Waals surface area contributed by atoms with Crippen molar-refractivity contribution < 1.29 is 9.18 Å². The van der Waals surface area contributed by atoms with Crippen LogP contribution in [0.5, 0.6) is 0 Å². The van der Waals surface area contributed by atoms with Crippen LogP contribution in [0.25, 0.3) is 11.1 Å². The third kappa shape index (κ3) is 1.09. The van der Waals surface area contributed by atoms with Gasteiger partial charge in [0.05, 0.1) is 5.69 Å². The number of pyridine rings is 1. The number of rotatable bonds is 2. The van der Waals surface area contributed by atoms with E-state index in [1.807, 2.05) is 19.1 Å². The van der Waals surface area contributed by atoms with Gasteiger partial charge in [0.1, 0.15) is 11.5 Å². The second-order valence-corrected chi connectivity index (χ2v) is 8.23. The molecule has 0 radical (unpaired) electrons. The molecule has 2 aromatic rings. The summed E-state index contributed by atoms with van der Waals surface area (Å²) in [6.45, 7) is 1.88. The van der Waals surface area contributed by atoms with Gasteiger partial charge in [-0.3, -0.25) is 4.79 Å². The van der Waals surface area contributed by atoms with Crippen molar-refractivity contribution in [2.45, 2.75) is 43.4 Å². The number of aromatic nitrogens is 1. The van der Waals surface area contributed by atoms with E-state index in [0.717, 1.165) is 23.2 Å². The van der Waals surface area contributed by atoms with Gasteiger partial charge in [-0.05, 0) is 66.8 Å². The first-order chi connectivity index (χ1) is 11.4. The van der Waals surface area contributed by atoms with E-state index >= 15 is 0 Å². The summed E-state index contributed by atoms with van der Waals surface area (Å²) < 4.78 is 14.7. The van der Waals surface area contributed by atoms with Crippen LogP contribution in [0.15, 0.2) is 24.3 Å². The standard InChI is InChI=1S/C20H17FN2O/c1-10-2-3-11(13(21)6-10)12-7-14(17(22)24)23-16-15(12)18-4-5-19(16)9-20(18,19)8-18/h2-3,6-7H,4-5,8-9H2,1H3,(H2,22,24). The third-order valence-electron chi connectivity index (χ3n) is 7.39. The summed E-state index contributed by atoms with van der Waals surface area (Å²) in [6, 6.07) is 7.01. The van der Waals surface area contributed by atoms with Crippen LogP contribution in [0.1, 0.15) is 53.0 Å². The molecule has 3 atom stereocenters. The van der Waals surface area contributed by atoms with E-state index in [2.05, 4.69) is 4.98 Å². The monoisotopic (exact) mass is 320 g/mol. The molecule has 24 heavy (non-hydrogen) atoms. The lowest BCUT2D eigenvalue weighted by molar-refractivity contribution is 0.0995. The zero-order valence-electron chi connectivity index (χ0n) is 13.4. The zero-order valence-corrected chi connectivity index (χ0v) is 13.4. The maximum absolute atomic E-state index is 14.7. The SMILES string of the molecule is Cc1ccc(-c2cc(C(N)=O)nc3c2C24CCC35CC52C4)c(F)c1. The van der Waals surface area contributed by atoms with Crippen LogP contribution in [-0.2, 0) is 10.8 Å². The van der Waals surface area contributed by atoms with Gasteiger partial charge >= 0.3 is 0 Å². The van der Waals surface area contributed by atoms with Gasteiger partial charge in [0.15, 0.2) is 0 Å². The molecule has 2 bridgehead atoms. The minimum absolute atomic E-state index is 0.156. The summed E-state index contributed by atoms with van der Waals surface area (Å²) in [7, 11) is 0. The van der Waals surface area contributed by atoms with Crippen LogP contribution in [0.2, 0.25) is 0 Å². The first-order valence-corrected chi connectivity index (χ1v) is 8.57. The predicted octanol–water partition coefficient (Wildman–Crippen LogP) is 3.37. The highest BCUT2D eigenvalue weighted by Gasteiger charge is 2.96. The molecular formula is C20H17FN2O. The molecule has 1 spiro atoms. The molecule has 6 rings (SSSR count). The Morgan fingerprint density at radius 1 is 1.17 bits per heavy atom. The summed E-state index contributed by atoms with van der Waals surface area (Å²) >= 11 is 0. The number of halogens is 1. The van der Waals surface area contributed by atoms with Crippen molar-refractivity contribution in [1.29, 1.82) is 0 Å². The van der Waals surface area contributed by atoms with Crippen molar-refractivity contribution in [2.75, 3.05) is 0 Å². The normalized spacial score (nSPS) is 36.1. The number of hydrogen-bond acceptors (Lipinski definition) is 2. The molecule has 3 unspecified atom stereocenters. The van der Waals surface area contributed by atoms with Gasteiger partial charge in [-0.1, -0.05) is 12.1 Å². The number of primary amides is 1. The Bertz CT molecular complexity index is 991. The minimum atomic E-state index is -0.536. The molecule has 4 aliphatic carbocycles. The topological polar surface area (TPSA) is 56.0 Å². The highest BCUT2D eigenvalue weighted by Crippen LogP contribution is 2.99. The number of carbonyl (C=O) groups excluding carboxylic acids is 1. The number of amides is 1. The molecule has 1 heterocycles. The second-order valence-electron chi connectivity index (χ2n) is 8.23. The number of fused-ring (bicyclic) bond motifs is 1. The van der Waals surface area contributed by atoms with E-state index in [1.165, 1.54) is 24.8 Å². The van der Waals surface area contributed by atoms with E-state index in [1.54, 1.807) is 12.1 Å². The second kappa shape index (κ2) is 3.41. The molecule has 2 N–H and O–H groups in total. The molecular weight excluding hydrogens is 303 g/mol. The van der Waals surface area contributed by atoms with E-state index < -0.39 is 5.91 Å². The number of hydrogen-bond donors (Lipinski definition) is 1. The van der Waals surface area contributed by atoms with Gasteiger partial charge in [0.2, 0.25) is 0 Å². The molecule has 3 saturated carbocycles. The smallest absolute Gasteiger partial charge is 0.267 e. The largest absolute Gasteiger partial charge is 0.364 e. The summed E-state index contributed by atoms with van der Waals surface area (Å²) in [4.78, 5) is 16.5. The number of aryl methyl sites for hydroxylation is 1.